The third kappa shape index (κ3) is 5.60. The third-order valence-corrected chi connectivity index (χ3v) is 3.69. The molecular weight excluding hydrogens is 379 g/mol. The molecule has 1 rings (SSSR count). The lowest BCUT2D eigenvalue weighted by atomic mass is 10.1. The summed E-state index contributed by atoms with van der Waals surface area (Å²) in [6, 6.07) is 2.99. The van der Waals surface area contributed by atoms with Gasteiger partial charge in [-0.25, -0.2) is 0 Å². The molecule has 1 aromatic rings. The Balaban J connectivity index is 3.04. The minimum atomic E-state index is -4.30. The maximum Gasteiger partial charge on any atom is 0.390 e. The first kappa shape index (κ1) is 19.6. The van der Waals surface area contributed by atoms with Crippen LogP contribution in [0.5, 0.6) is 11.5 Å². The van der Waals surface area contributed by atoms with Gasteiger partial charge in [0.2, 0.25) is 0 Å². The van der Waals surface area contributed by atoms with Crippen LogP contribution < -0.4 is 9.47 Å². The SMILES string of the molecule is CCOc1c(Br)cc(C(=O)N(CC)CCC(F)(F)F)cc1OC. The van der Waals surface area contributed by atoms with E-state index in [4.69, 9.17) is 9.47 Å². The van der Waals surface area contributed by atoms with E-state index >= 15 is 0 Å². The maximum absolute atomic E-state index is 12.4. The first-order valence-electron chi connectivity index (χ1n) is 7.09. The number of nitrogens with zero attached hydrogens (tertiary/aromatic N) is 1. The van der Waals surface area contributed by atoms with Crippen LogP contribution in [0.2, 0.25) is 0 Å². The average Bonchev–Trinajstić information content (AvgIpc) is 2.48. The summed E-state index contributed by atoms with van der Waals surface area (Å²) in [5.74, 6) is 0.306. The van der Waals surface area contributed by atoms with Crippen LogP contribution in [-0.4, -0.2) is 43.8 Å². The minimum absolute atomic E-state index is 0.183. The van der Waals surface area contributed by atoms with E-state index in [2.05, 4.69) is 15.9 Å². The highest BCUT2D eigenvalue weighted by atomic mass is 79.9. The van der Waals surface area contributed by atoms with E-state index in [1.807, 2.05) is 0 Å². The van der Waals surface area contributed by atoms with Crippen molar-refractivity contribution < 1.29 is 27.4 Å². The van der Waals surface area contributed by atoms with Crippen LogP contribution in [-0.2, 0) is 0 Å². The molecule has 130 valence electrons. The second-order valence-corrected chi connectivity index (χ2v) is 5.53. The number of alkyl halides is 3. The summed E-state index contributed by atoms with van der Waals surface area (Å²) >= 11 is 3.29. The van der Waals surface area contributed by atoms with Crippen LogP contribution >= 0.6 is 15.9 Å². The first-order chi connectivity index (χ1) is 10.7. The molecule has 1 amide bonds. The van der Waals surface area contributed by atoms with Crippen molar-refractivity contribution >= 4 is 21.8 Å². The maximum atomic E-state index is 12.4. The van der Waals surface area contributed by atoms with Crippen molar-refractivity contribution in [1.82, 2.24) is 4.90 Å². The van der Waals surface area contributed by atoms with Crippen LogP contribution in [0.25, 0.3) is 0 Å². The zero-order chi connectivity index (χ0) is 17.6. The number of methoxy groups -OCH3 is 1. The van der Waals surface area contributed by atoms with Gasteiger partial charge in [0.25, 0.3) is 5.91 Å². The van der Waals surface area contributed by atoms with E-state index in [-0.39, 0.29) is 18.7 Å². The van der Waals surface area contributed by atoms with E-state index < -0.39 is 18.5 Å². The van der Waals surface area contributed by atoms with Gasteiger partial charge in [0.05, 0.1) is 24.6 Å². The second-order valence-electron chi connectivity index (χ2n) is 4.67. The normalized spacial score (nSPS) is 11.3. The highest BCUT2D eigenvalue weighted by molar-refractivity contribution is 9.10. The lowest BCUT2D eigenvalue weighted by molar-refractivity contribution is -0.136. The Labute approximate surface area is 141 Å². The molecule has 0 saturated carbocycles. The number of ether oxygens (including phenoxy) is 2. The van der Waals surface area contributed by atoms with Crippen molar-refractivity contribution in [3.63, 3.8) is 0 Å². The number of benzene rings is 1. The van der Waals surface area contributed by atoms with E-state index in [0.29, 0.717) is 22.6 Å². The van der Waals surface area contributed by atoms with Crippen LogP contribution in [0.1, 0.15) is 30.6 Å². The smallest absolute Gasteiger partial charge is 0.390 e. The molecule has 0 aliphatic rings. The van der Waals surface area contributed by atoms with Crippen molar-refractivity contribution in [2.75, 3.05) is 26.8 Å². The molecule has 0 fully saturated rings. The quantitative estimate of drug-likeness (QED) is 0.689. The Kier molecular flexibility index (Phi) is 7.18. The molecule has 23 heavy (non-hydrogen) atoms. The van der Waals surface area contributed by atoms with E-state index in [0.717, 1.165) is 4.90 Å². The van der Waals surface area contributed by atoms with Gasteiger partial charge in [-0.05, 0) is 41.9 Å². The standard InChI is InChI=1S/C15H19BrF3NO3/c1-4-20(7-6-15(17,18)19)14(21)10-8-11(16)13(23-5-2)12(9-10)22-3/h8-9H,4-7H2,1-3H3. The summed E-state index contributed by atoms with van der Waals surface area (Å²) in [4.78, 5) is 13.6. The Bertz CT molecular complexity index is 550. The summed E-state index contributed by atoms with van der Waals surface area (Å²) in [6.45, 7) is 3.65. The van der Waals surface area contributed by atoms with Crippen LogP contribution in [0, 0.1) is 0 Å². The molecule has 0 aromatic heterocycles. The molecule has 0 bridgehead atoms. The van der Waals surface area contributed by atoms with Crippen LogP contribution in [0.4, 0.5) is 13.2 Å². The van der Waals surface area contributed by atoms with Crippen molar-refractivity contribution in [1.29, 1.82) is 0 Å². The number of carbonyl (C=O) groups is 1. The summed E-state index contributed by atoms with van der Waals surface area (Å²) in [6.07, 6.45) is -5.34. The zero-order valence-electron chi connectivity index (χ0n) is 13.2. The number of hydrogen-bond acceptors (Lipinski definition) is 3. The van der Waals surface area contributed by atoms with Gasteiger partial charge in [0, 0.05) is 18.7 Å². The second kappa shape index (κ2) is 8.42. The molecule has 0 radical (unpaired) electrons. The number of halogens is 4. The molecule has 0 saturated heterocycles. The van der Waals surface area contributed by atoms with Crippen LogP contribution in [0.15, 0.2) is 16.6 Å². The molecule has 0 atom stereocenters. The fourth-order valence-electron chi connectivity index (χ4n) is 1.98. The molecule has 8 heteroatoms. The van der Waals surface area contributed by atoms with Gasteiger partial charge in [0.1, 0.15) is 0 Å². The predicted molar refractivity (Wildman–Crippen MR) is 84.1 cm³/mol. The molecule has 0 N–H and O–H groups in total. The molecule has 4 nitrogen and oxygen atoms in total. The molecule has 0 unspecified atom stereocenters. The summed E-state index contributed by atoms with van der Waals surface area (Å²) in [5.41, 5.74) is 0.237. The fourth-order valence-corrected chi connectivity index (χ4v) is 2.53. The number of hydrogen-bond donors (Lipinski definition) is 0. The van der Waals surface area contributed by atoms with Gasteiger partial charge in [-0.3, -0.25) is 4.79 Å². The molecular formula is C15H19BrF3NO3. The number of rotatable bonds is 7. The topological polar surface area (TPSA) is 38.8 Å². The van der Waals surface area contributed by atoms with E-state index in [9.17, 15) is 18.0 Å². The van der Waals surface area contributed by atoms with Gasteiger partial charge in [-0.2, -0.15) is 13.2 Å². The fraction of sp³-hybridized carbons (Fsp3) is 0.533. The number of amides is 1. The lowest BCUT2D eigenvalue weighted by Crippen LogP contribution is -2.34. The van der Waals surface area contributed by atoms with Crippen molar-refractivity contribution in [2.45, 2.75) is 26.4 Å². The van der Waals surface area contributed by atoms with Gasteiger partial charge < -0.3 is 14.4 Å². The van der Waals surface area contributed by atoms with Crippen LogP contribution in [0.3, 0.4) is 0 Å². The van der Waals surface area contributed by atoms with Crippen molar-refractivity contribution in [2.24, 2.45) is 0 Å². The third-order valence-electron chi connectivity index (χ3n) is 3.10. The number of carbonyl (C=O) groups excluding carboxylic acids is 1. The van der Waals surface area contributed by atoms with Crippen molar-refractivity contribution in [3.8, 4) is 11.5 Å². The highest BCUT2D eigenvalue weighted by Crippen LogP contribution is 2.37. The highest BCUT2D eigenvalue weighted by Gasteiger charge is 2.29. The summed E-state index contributed by atoms with van der Waals surface area (Å²) in [5, 5.41) is 0. The van der Waals surface area contributed by atoms with E-state index in [1.165, 1.54) is 19.2 Å². The average molecular weight is 398 g/mol. The minimum Gasteiger partial charge on any atom is -0.493 e. The lowest BCUT2D eigenvalue weighted by Gasteiger charge is -2.22. The Morgan fingerprint density at radius 1 is 1.30 bits per heavy atom. The molecule has 0 aliphatic heterocycles. The van der Waals surface area contributed by atoms with Gasteiger partial charge in [0.15, 0.2) is 11.5 Å². The van der Waals surface area contributed by atoms with E-state index in [1.54, 1.807) is 13.8 Å². The predicted octanol–water partition coefficient (Wildman–Crippen LogP) is 4.27. The Morgan fingerprint density at radius 3 is 2.43 bits per heavy atom. The first-order valence-corrected chi connectivity index (χ1v) is 7.89. The molecule has 0 heterocycles. The Hall–Kier alpha value is -1.44. The van der Waals surface area contributed by atoms with Gasteiger partial charge in [-0.15, -0.1) is 0 Å². The van der Waals surface area contributed by atoms with Gasteiger partial charge in [-0.1, -0.05) is 0 Å². The summed E-state index contributed by atoms with van der Waals surface area (Å²) < 4.78 is 48.2. The van der Waals surface area contributed by atoms with Crippen molar-refractivity contribution in [3.05, 3.63) is 22.2 Å². The monoisotopic (exact) mass is 397 g/mol. The van der Waals surface area contributed by atoms with Gasteiger partial charge >= 0.3 is 6.18 Å². The largest absolute Gasteiger partial charge is 0.493 e. The summed E-state index contributed by atoms with van der Waals surface area (Å²) in [7, 11) is 1.43. The zero-order valence-corrected chi connectivity index (χ0v) is 14.8. The molecule has 1 aromatic carbocycles. The molecule has 0 spiro atoms. The molecule has 0 aliphatic carbocycles. The Morgan fingerprint density at radius 2 is 1.96 bits per heavy atom.